The monoisotopic (exact) mass is 420 g/mol. The largest absolute Gasteiger partial charge is 0.444 e. The number of carbonyl (C=O) groups excluding carboxylic acids is 1. The maximum absolute atomic E-state index is 13.0. The average Bonchev–Trinajstić information content (AvgIpc) is 3.35. The van der Waals surface area contributed by atoms with E-state index in [1.807, 2.05) is 26.0 Å². The molecule has 8 heteroatoms. The van der Waals surface area contributed by atoms with Crippen LogP contribution < -0.4 is 10.6 Å². The van der Waals surface area contributed by atoms with Crippen molar-refractivity contribution in [2.45, 2.75) is 20.3 Å². The number of benzene rings is 2. The fourth-order valence-electron chi connectivity index (χ4n) is 2.95. The van der Waals surface area contributed by atoms with E-state index in [1.54, 1.807) is 24.3 Å². The van der Waals surface area contributed by atoms with Gasteiger partial charge in [0.15, 0.2) is 0 Å². The summed E-state index contributed by atoms with van der Waals surface area (Å²) in [7, 11) is 0. The van der Waals surface area contributed by atoms with Crippen LogP contribution in [0.4, 0.5) is 14.9 Å². The molecule has 158 valence electrons. The van der Waals surface area contributed by atoms with Crippen LogP contribution in [0.15, 0.2) is 63.6 Å². The molecule has 0 aliphatic carbocycles. The molecule has 0 fully saturated rings. The molecule has 7 nitrogen and oxygen atoms in total. The number of oxazole rings is 2. The molecule has 0 saturated carbocycles. The highest BCUT2D eigenvalue weighted by atomic mass is 19.1. The highest BCUT2D eigenvalue weighted by Crippen LogP contribution is 2.24. The Labute approximate surface area is 178 Å². The maximum Gasteiger partial charge on any atom is 0.319 e. The zero-order chi connectivity index (χ0) is 21.8. The molecule has 31 heavy (non-hydrogen) atoms. The molecule has 0 radical (unpaired) electrons. The van der Waals surface area contributed by atoms with Gasteiger partial charge in [0.1, 0.15) is 17.8 Å². The van der Waals surface area contributed by atoms with Gasteiger partial charge in [-0.1, -0.05) is 6.07 Å². The molecule has 0 spiro atoms. The standard InChI is InChI=1S/C23H21FN4O3/c1-14-15(2)31-22(26-14)17-4-3-5-19(12-17)28-23(29)25-11-10-20-13-30-21(27-20)16-6-8-18(24)9-7-16/h3-9,12-13H,10-11H2,1-2H3,(H2,25,28,29). The van der Waals surface area contributed by atoms with Gasteiger partial charge in [0.25, 0.3) is 0 Å². The lowest BCUT2D eigenvalue weighted by Crippen LogP contribution is -2.30. The SMILES string of the molecule is Cc1nc(-c2cccc(NC(=O)NCCc3coc(-c4ccc(F)cc4)n3)c2)oc1C. The minimum absolute atomic E-state index is 0.318. The van der Waals surface area contributed by atoms with Gasteiger partial charge in [-0.25, -0.2) is 19.2 Å². The second kappa shape index (κ2) is 8.83. The fourth-order valence-corrected chi connectivity index (χ4v) is 2.95. The molecule has 0 bridgehead atoms. The van der Waals surface area contributed by atoms with Crippen molar-refractivity contribution in [3.8, 4) is 22.9 Å². The average molecular weight is 420 g/mol. The summed E-state index contributed by atoms with van der Waals surface area (Å²) >= 11 is 0. The van der Waals surface area contributed by atoms with E-state index in [0.717, 1.165) is 17.0 Å². The number of carbonyl (C=O) groups is 1. The molecule has 4 rings (SSSR count). The lowest BCUT2D eigenvalue weighted by atomic mass is 10.2. The van der Waals surface area contributed by atoms with Crippen LogP contribution in [0.1, 0.15) is 17.1 Å². The minimum atomic E-state index is -0.334. The van der Waals surface area contributed by atoms with Gasteiger partial charge in [-0.3, -0.25) is 0 Å². The number of nitrogens with zero attached hydrogens (tertiary/aromatic N) is 2. The molecule has 2 aromatic heterocycles. The maximum atomic E-state index is 13.0. The van der Waals surface area contributed by atoms with Crippen molar-refractivity contribution in [2.75, 3.05) is 11.9 Å². The molecule has 2 amide bonds. The number of nitrogens with one attached hydrogen (secondary N) is 2. The predicted molar refractivity (Wildman–Crippen MR) is 114 cm³/mol. The second-order valence-electron chi connectivity index (χ2n) is 7.02. The molecular formula is C23H21FN4O3. The summed E-state index contributed by atoms with van der Waals surface area (Å²) < 4.78 is 24.1. The minimum Gasteiger partial charge on any atom is -0.444 e. The molecule has 0 atom stereocenters. The quantitative estimate of drug-likeness (QED) is 0.452. The molecule has 0 aliphatic rings. The van der Waals surface area contributed by atoms with Crippen LogP contribution in [-0.4, -0.2) is 22.5 Å². The third-order valence-corrected chi connectivity index (χ3v) is 4.71. The molecule has 0 aliphatic heterocycles. The third-order valence-electron chi connectivity index (χ3n) is 4.71. The fraction of sp³-hybridized carbons (Fsp3) is 0.174. The Bertz CT molecular complexity index is 1180. The van der Waals surface area contributed by atoms with Crippen LogP contribution in [0.5, 0.6) is 0 Å². The topological polar surface area (TPSA) is 93.2 Å². The van der Waals surface area contributed by atoms with Gasteiger partial charge in [0.2, 0.25) is 11.8 Å². The van der Waals surface area contributed by atoms with Gasteiger partial charge in [-0.2, -0.15) is 0 Å². The first-order chi connectivity index (χ1) is 15.0. The van der Waals surface area contributed by atoms with Crippen molar-refractivity contribution in [3.05, 3.63) is 77.8 Å². The Morgan fingerprint density at radius 2 is 1.84 bits per heavy atom. The molecule has 2 N–H and O–H groups in total. The van der Waals surface area contributed by atoms with Crippen LogP contribution in [0.25, 0.3) is 22.9 Å². The normalized spacial score (nSPS) is 10.8. The van der Waals surface area contributed by atoms with Crippen LogP contribution in [-0.2, 0) is 6.42 Å². The first-order valence-corrected chi connectivity index (χ1v) is 9.77. The van der Waals surface area contributed by atoms with Crippen molar-refractivity contribution in [1.82, 2.24) is 15.3 Å². The van der Waals surface area contributed by atoms with Gasteiger partial charge in [-0.15, -0.1) is 0 Å². The Morgan fingerprint density at radius 3 is 2.58 bits per heavy atom. The number of urea groups is 1. The van der Waals surface area contributed by atoms with E-state index in [4.69, 9.17) is 8.83 Å². The van der Waals surface area contributed by atoms with E-state index in [9.17, 15) is 9.18 Å². The van der Waals surface area contributed by atoms with Crippen molar-refractivity contribution in [3.63, 3.8) is 0 Å². The van der Waals surface area contributed by atoms with E-state index in [-0.39, 0.29) is 11.8 Å². The first-order valence-electron chi connectivity index (χ1n) is 9.77. The first kappa shape index (κ1) is 20.3. The Balaban J connectivity index is 1.30. The molecule has 4 aromatic rings. The lowest BCUT2D eigenvalue weighted by Gasteiger charge is -2.07. The Morgan fingerprint density at radius 1 is 1.03 bits per heavy atom. The molecule has 0 unspecified atom stereocenters. The van der Waals surface area contributed by atoms with Crippen molar-refractivity contribution in [2.24, 2.45) is 0 Å². The van der Waals surface area contributed by atoms with Gasteiger partial charge >= 0.3 is 6.03 Å². The highest BCUT2D eigenvalue weighted by Gasteiger charge is 2.10. The zero-order valence-corrected chi connectivity index (χ0v) is 17.1. The van der Waals surface area contributed by atoms with E-state index in [0.29, 0.717) is 41.7 Å². The molecule has 2 aromatic carbocycles. The zero-order valence-electron chi connectivity index (χ0n) is 17.1. The van der Waals surface area contributed by atoms with E-state index >= 15 is 0 Å². The molecule has 0 saturated heterocycles. The Hall–Kier alpha value is -3.94. The lowest BCUT2D eigenvalue weighted by molar-refractivity contribution is 0.252. The number of aryl methyl sites for hydroxylation is 2. The van der Waals surface area contributed by atoms with Crippen LogP contribution in [0.3, 0.4) is 0 Å². The van der Waals surface area contributed by atoms with Crippen molar-refractivity contribution >= 4 is 11.7 Å². The second-order valence-corrected chi connectivity index (χ2v) is 7.02. The van der Waals surface area contributed by atoms with Gasteiger partial charge in [-0.05, 0) is 56.3 Å². The number of aromatic nitrogens is 2. The summed E-state index contributed by atoms with van der Waals surface area (Å²) in [5.74, 6) is 1.37. The summed E-state index contributed by atoms with van der Waals surface area (Å²) in [4.78, 5) is 21.0. The molecule has 2 heterocycles. The summed E-state index contributed by atoms with van der Waals surface area (Å²) in [6.45, 7) is 4.12. The van der Waals surface area contributed by atoms with Gasteiger partial charge < -0.3 is 19.5 Å². The number of hydrogen-bond acceptors (Lipinski definition) is 5. The van der Waals surface area contributed by atoms with Gasteiger partial charge in [0.05, 0.1) is 11.4 Å². The third kappa shape index (κ3) is 4.98. The predicted octanol–water partition coefficient (Wildman–Crippen LogP) is 5.12. The number of halogens is 1. The van der Waals surface area contributed by atoms with E-state index < -0.39 is 0 Å². The number of amides is 2. The van der Waals surface area contributed by atoms with Crippen molar-refractivity contribution < 1.29 is 18.0 Å². The summed E-state index contributed by atoms with van der Waals surface area (Å²) in [6.07, 6.45) is 2.02. The smallest absolute Gasteiger partial charge is 0.319 e. The van der Waals surface area contributed by atoms with Crippen molar-refractivity contribution in [1.29, 1.82) is 0 Å². The molecular weight excluding hydrogens is 399 g/mol. The van der Waals surface area contributed by atoms with E-state index in [2.05, 4.69) is 20.6 Å². The summed E-state index contributed by atoms with van der Waals surface area (Å²) in [5.41, 5.74) is 3.63. The number of rotatable bonds is 6. The van der Waals surface area contributed by atoms with Crippen LogP contribution >= 0.6 is 0 Å². The van der Waals surface area contributed by atoms with Crippen LogP contribution in [0.2, 0.25) is 0 Å². The highest BCUT2D eigenvalue weighted by molar-refractivity contribution is 5.89. The number of anilines is 1. The number of hydrogen-bond donors (Lipinski definition) is 2. The Kier molecular flexibility index (Phi) is 5.79. The van der Waals surface area contributed by atoms with Crippen LogP contribution in [0, 0.1) is 19.7 Å². The summed E-state index contributed by atoms with van der Waals surface area (Å²) in [6, 6.07) is 12.9. The van der Waals surface area contributed by atoms with Gasteiger partial charge in [0, 0.05) is 29.8 Å². The summed E-state index contributed by atoms with van der Waals surface area (Å²) in [5, 5.41) is 5.59. The van der Waals surface area contributed by atoms with E-state index in [1.165, 1.54) is 18.4 Å².